The number of carbonyl (C=O) groups excluding carboxylic acids is 1. The summed E-state index contributed by atoms with van der Waals surface area (Å²) in [7, 11) is 0.505. The summed E-state index contributed by atoms with van der Waals surface area (Å²) in [6.45, 7) is 5.95. The molecule has 3 aliphatic rings. The molecule has 1 aromatic carbocycles. The third-order valence-electron chi connectivity index (χ3n) is 5.37. The molecule has 5 rings (SSSR count). The molecule has 6 nitrogen and oxygen atoms in total. The van der Waals surface area contributed by atoms with Gasteiger partial charge < -0.3 is 19.5 Å². The Bertz CT molecular complexity index is 1020. The molecule has 4 heterocycles. The number of piperazine rings is 1. The fraction of sp³-hybridized carbons (Fsp3) is 0.333. The molecule has 1 saturated heterocycles. The topological polar surface area (TPSA) is 61.6 Å². The van der Waals surface area contributed by atoms with Crippen LogP contribution in [0.4, 0.5) is 0 Å². The minimum atomic E-state index is 0.0441. The predicted molar refractivity (Wildman–Crippen MR) is 112 cm³/mol. The zero-order chi connectivity index (χ0) is 19.1. The minimum Gasteiger partial charge on any atom is -0.441 e. The number of carbonyl (C=O) groups is 1. The van der Waals surface area contributed by atoms with Crippen LogP contribution in [-0.2, 0) is 11.2 Å². The third-order valence-corrected chi connectivity index (χ3v) is 6.88. The van der Waals surface area contributed by atoms with Crippen molar-refractivity contribution >= 4 is 30.9 Å². The Labute approximate surface area is 165 Å². The number of allylic oxidation sites excluding steroid dienone is 1. The Balaban J connectivity index is 1.41. The van der Waals surface area contributed by atoms with Crippen molar-refractivity contribution in [2.24, 2.45) is 0 Å². The second kappa shape index (κ2) is 7.19. The summed E-state index contributed by atoms with van der Waals surface area (Å²) in [5.74, 6) is 0.883. The van der Waals surface area contributed by atoms with E-state index in [1.807, 2.05) is 36.2 Å². The molecule has 1 N–H and O–H groups in total. The van der Waals surface area contributed by atoms with Gasteiger partial charge in [-0.05, 0) is 29.1 Å². The third kappa shape index (κ3) is 3.17. The van der Waals surface area contributed by atoms with Gasteiger partial charge in [0, 0.05) is 44.9 Å². The lowest BCUT2D eigenvalue weighted by atomic mass is 10.1. The van der Waals surface area contributed by atoms with Gasteiger partial charge in [0.1, 0.15) is 5.52 Å². The van der Waals surface area contributed by atoms with E-state index in [0.29, 0.717) is 8.58 Å². The Morgan fingerprint density at radius 1 is 1.32 bits per heavy atom. The smallest absolute Gasteiger partial charge is 0.252 e. The molecule has 28 heavy (non-hydrogen) atoms. The van der Waals surface area contributed by atoms with Crippen LogP contribution in [0.15, 0.2) is 52.7 Å². The fourth-order valence-corrected chi connectivity index (χ4v) is 5.21. The number of oxazole rings is 1. The molecule has 2 aromatic rings. The molecular formula is C21H23N4O2P. The van der Waals surface area contributed by atoms with Crippen LogP contribution in [0.1, 0.15) is 18.4 Å². The van der Waals surface area contributed by atoms with Crippen LogP contribution in [0.2, 0.25) is 0 Å². The van der Waals surface area contributed by atoms with Gasteiger partial charge in [-0.15, -0.1) is 0 Å². The zero-order valence-electron chi connectivity index (χ0n) is 15.8. The lowest BCUT2D eigenvalue weighted by molar-refractivity contribution is -0.123. The average Bonchev–Trinajstić information content (AvgIpc) is 3.16. The van der Waals surface area contributed by atoms with Gasteiger partial charge in [0.2, 0.25) is 0 Å². The fourth-order valence-electron chi connectivity index (χ4n) is 3.83. The lowest BCUT2D eigenvalue weighted by Crippen LogP contribution is -2.44. The number of aromatic nitrogens is 1. The summed E-state index contributed by atoms with van der Waals surface area (Å²) in [6.07, 6.45) is 8.91. The Hall–Kier alpha value is -2.43. The number of amides is 1. The van der Waals surface area contributed by atoms with E-state index >= 15 is 0 Å². The van der Waals surface area contributed by atoms with Crippen molar-refractivity contribution in [3.8, 4) is 0 Å². The van der Waals surface area contributed by atoms with Crippen LogP contribution in [0.25, 0.3) is 16.4 Å². The van der Waals surface area contributed by atoms with E-state index in [1.54, 1.807) is 6.08 Å². The van der Waals surface area contributed by atoms with Crippen LogP contribution in [0.3, 0.4) is 0 Å². The summed E-state index contributed by atoms with van der Waals surface area (Å²) < 4.78 is 5.80. The van der Waals surface area contributed by atoms with E-state index in [2.05, 4.69) is 27.4 Å². The Morgan fingerprint density at radius 2 is 2.18 bits per heavy atom. The second-order valence-corrected chi connectivity index (χ2v) is 8.61. The number of hydrogen-bond donors (Lipinski definition) is 1. The van der Waals surface area contributed by atoms with E-state index in [1.165, 1.54) is 0 Å². The zero-order valence-corrected chi connectivity index (χ0v) is 16.8. The molecule has 0 spiro atoms. The molecule has 7 heteroatoms. The van der Waals surface area contributed by atoms with Gasteiger partial charge in [-0.1, -0.05) is 27.6 Å². The van der Waals surface area contributed by atoms with E-state index < -0.39 is 0 Å². The van der Waals surface area contributed by atoms with Crippen LogP contribution in [-0.4, -0.2) is 52.7 Å². The normalized spacial score (nSPS) is 23.2. The monoisotopic (exact) mass is 394 g/mol. The molecule has 1 fully saturated rings. The number of rotatable bonds is 3. The van der Waals surface area contributed by atoms with Gasteiger partial charge in [0.15, 0.2) is 11.5 Å². The molecule has 0 aliphatic carbocycles. The molecule has 0 bridgehead atoms. The molecule has 1 aromatic heterocycles. The van der Waals surface area contributed by atoms with Gasteiger partial charge in [-0.2, -0.15) is 0 Å². The van der Waals surface area contributed by atoms with Crippen molar-refractivity contribution in [3.05, 3.63) is 59.8 Å². The SMILES string of the molecule is CCc1nc2ccc(C3=CC(=O)N4C=C(N5CCNCC5)C=CC4P3)cc2o1. The van der Waals surface area contributed by atoms with Crippen LogP contribution in [0.5, 0.6) is 0 Å². The number of hydrogen-bond acceptors (Lipinski definition) is 5. The highest BCUT2D eigenvalue weighted by Crippen LogP contribution is 2.45. The number of aryl methyl sites for hydroxylation is 1. The Kier molecular flexibility index (Phi) is 4.53. The number of nitrogens with zero attached hydrogens (tertiary/aromatic N) is 3. The van der Waals surface area contributed by atoms with Crippen LogP contribution >= 0.6 is 8.58 Å². The standard InChI is InChI=1S/C21H23N4O2P/c1-2-19-23-16-5-3-14(11-17(16)27-19)18-12-20(26)25-13-15(4-6-21(25)28-18)24-9-7-22-8-10-24/h3-6,11-13,21-22,28H,2,7-10H2,1H3. The first-order valence-electron chi connectivity index (χ1n) is 9.77. The molecule has 3 aliphatic heterocycles. The van der Waals surface area contributed by atoms with Crippen LogP contribution < -0.4 is 5.32 Å². The highest BCUT2D eigenvalue weighted by Gasteiger charge is 2.29. The van der Waals surface area contributed by atoms with Gasteiger partial charge in [-0.3, -0.25) is 4.79 Å². The number of benzene rings is 1. The van der Waals surface area contributed by atoms with Crippen molar-refractivity contribution in [2.75, 3.05) is 26.2 Å². The summed E-state index contributed by atoms with van der Waals surface area (Å²) in [4.78, 5) is 21.5. The molecule has 1 amide bonds. The molecule has 2 unspecified atom stereocenters. The van der Waals surface area contributed by atoms with E-state index in [9.17, 15) is 4.79 Å². The van der Waals surface area contributed by atoms with E-state index in [4.69, 9.17) is 4.42 Å². The first-order chi connectivity index (χ1) is 13.7. The molecule has 0 saturated carbocycles. The summed E-state index contributed by atoms with van der Waals surface area (Å²) >= 11 is 0. The van der Waals surface area contributed by atoms with Crippen LogP contribution in [0, 0.1) is 0 Å². The maximum atomic E-state index is 12.9. The van der Waals surface area contributed by atoms with Gasteiger partial charge >= 0.3 is 0 Å². The lowest BCUT2D eigenvalue weighted by Gasteiger charge is -2.37. The summed E-state index contributed by atoms with van der Waals surface area (Å²) in [5, 5.41) is 4.44. The first-order valence-corrected chi connectivity index (χ1v) is 10.8. The van der Waals surface area contributed by atoms with Crippen molar-refractivity contribution < 1.29 is 9.21 Å². The largest absolute Gasteiger partial charge is 0.441 e. The summed E-state index contributed by atoms with van der Waals surface area (Å²) in [6, 6.07) is 6.03. The van der Waals surface area contributed by atoms with E-state index in [-0.39, 0.29) is 11.7 Å². The Morgan fingerprint density at radius 3 is 3.00 bits per heavy atom. The highest BCUT2D eigenvalue weighted by atomic mass is 31.1. The molecule has 2 atom stereocenters. The number of fused-ring (bicyclic) bond motifs is 2. The molecular weight excluding hydrogens is 371 g/mol. The van der Waals surface area contributed by atoms with Gasteiger partial charge in [0.05, 0.1) is 11.5 Å². The molecule has 144 valence electrons. The summed E-state index contributed by atoms with van der Waals surface area (Å²) in [5.41, 5.74) is 3.83. The molecule has 0 radical (unpaired) electrons. The number of nitrogens with one attached hydrogen (secondary N) is 1. The van der Waals surface area contributed by atoms with Crippen molar-refractivity contribution in [3.63, 3.8) is 0 Å². The minimum absolute atomic E-state index is 0.0441. The average molecular weight is 394 g/mol. The maximum Gasteiger partial charge on any atom is 0.252 e. The predicted octanol–water partition coefficient (Wildman–Crippen LogP) is 2.89. The maximum absolute atomic E-state index is 12.9. The van der Waals surface area contributed by atoms with E-state index in [0.717, 1.165) is 66.2 Å². The second-order valence-electron chi connectivity index (χ2n) is 7.19. The van der Waals surface area contributed by atoms with Crippen molar-refractivity contribution in [1.82, 2.24) is 20.1 Å². The quantitative estimate of drug-likeness (QED) is 0.812. The van der Waals surface area contributed by atoms with Gasteiger partial charge in [0.25, 0.3) is 5.91 Å². The highest BCUT2D eigenvalue weighted by molar-refractivity contribution is 7.51. The first kappa shape index (κ1) is 17.7. The van der Waals surface area contributed by atoms with Gasteiger partial charge in [-0.25, -0.2) is 4.98 Å². The van der Waals surface area contributed by atoms with Crippen molar-refractivity contribution in [2.45, 2.75) is 19.1 Å². The van der Waals surface area contributed by atoms with Crippen molar-refractivity contribution in [1.29, 1.82) is 0 Å².